The lowest BCUT2D eigenvalue weighted by molar-refractivity contribution is 0.517. The minimum atomic E-state index is -3.76. The van der Waals surface area contributed by atoms with Crippen LogP contribution in [0.4, 0.5) is 10.1 Å². The van der Waals surface area contributed by atoms with E-state index in [4.69, 9.17) is 290 Å². The van der Waals surface area contributed by atoms with E-state index in [1.54, 1.807) is 28.6 Å². The van der Waals surface area contributed by atoms with Crippen LogP contribution in [0.15, 0.2) is 65.6 Å². The molecule has 76 heteroatoms. The maximum Gasteiger partial charge on any atom is 0.264 e. The molecular weight excluding hydrogens is 1190 g/mol. The number of aryl methyl sites for hydroxylation is 4. The van der Waals surface area contributed by atoms with Crippen molar-refractivity contribution < 1.29 is 12.8 Å². The molecule has 3 aromatic carbocycles. The summed E-state index contributed by atoms with van der Waals surface area (Å²) >= 11 is 5.87. The molecule has 101 heavy (non-hydrogen) atoms. The van der Waals surface area contributed by atoms with Gasteiger partial charge in [0.05, 0.1) is 10.6 Å². The number of fused-ring (bicyclic) bond motifs is 1. The summed E-state index contributed by atoms with van der Waals surface area (Å²) in [7, 11) is 239. The molecule has 0 fully saturated rings. The monoisotopic (exact) mass is 1230 g/mol. The predicted molar refractivity (Wildman–Crippen MR) is 527 cm³/mol. The summed E-state index contributed by atoms with van der Waals surface area (Å²) in [5, 5.41) is 0.354. The Morgan fingerprint density at radius 3 is 0.861 bits per heavy atom. The van der Waals surface area contributed by atoms with Gasteiger partial charge in [-0.3, -0.25) is 4.31 Å². The smallest absolute Gasteiger partial charge is 0.263 e. The average molecular weight is 1210 g/mol. The molecule has 0 saturated heterocycles. The van der Waals surface area contributed by atoms with E-state index < -0.39 is 227 Å². The van der Waals surface area contributed by atoms with Gasteiger partial charge in [0.2, 0.25) is 0 Å². The number of halogens is 2. The summed E-state index contributed by atoms with van der Waals surface area (Å²) in [4.78, 5) is 0.273. The van der Waals surface area contributed by atoms with Gasteiger partial charge < -0.3 is 0 Å². The molecule has 3 aromatic rings. The van der Waals surface area contributed by atoms with Crippen LogP contribution in [0.5, 0.6) is 0 Å². The average Bonchev–Trinajstić information content (AvgIpc) is 0.724. The van der Waals surface area contributed by atoms with E-state index in [0.717, 1.165) is 28.8 Å². The Hall–Kier alpha value is 2.18. The van der Waals surface area contributed by atoms with Crippen molar-refractivity contribution >= 4 is 523 Å². The fourth-order valence-corrected chi connectivity index (χ4v) is 18.4. The third-order valence-corrected chi connectivity index (χ3v) is 22.7. The molecule has 0 spiro atoms. The molecule has 3 nitrogen and oxygen atoms in total. The third kappa shape index (κ3) is 25.6. The summed E-state index contributed by atoms with van der Waals surface area (Å²) in [5.41, 5.74) is 4.31. The molecule has 0 saturated carbocycles. The van der Waals surface area contributed by atoms with Crippen molar-refractivity contribution in [2.75, 3.05) is 4.31 Å². The number of rotatable bonds is 38. The van der Waals surface area contributed by atoms with Crippen molar-refractivity contribution in [3.05, 3.63) is 93.8 Å². The van der Waals surface area contributed by atoms with E-state index in [2.05, 4.69) is 0 Å². The Balaban J connectivity index is 0.000000698. The first-order valence-corrected chi connectivity index (χ1v) is 35.2. The second kappa shape index (κ2) is 44.0. The lowest BCUT2D eigenvalue weighted by Gasteiger charge is -2.60. The molecule has 1 atom stereocenters. The molecule has 0 amide bonds. The van der Waals surface area contributed by atoms with Gasteiger partial charge in [-0.2, -0.15) is 0 Å². The van der Waals surface area contributed by atoms with Gasteiger partial charge in [-0.25, -0.2) is 12.8 Å². The zero-order valence-corrected chi connectivity index (χ0v) is 59.6. The van der Waals surface area contributed by atoms with Gasteiger partial charge in [-0.05, 0) is 86.6 Å². The number of benzene rings is 3. The predicted octanol–water partition coefficient (Wildman–Crippen LogP) is -20.4. The Kier molecular flexibility index (Phi) is 42.4. The Bertz CT molecular complexity index is 2820. The van der Waals surface area contributed by atoms with Gasteiger partial charge in [-0.1, -0.05) is 47.5 Å². The van der Waals surface area contributed by atoms with Crippen LogP contribution in [0.25, 0.3) is 0 Å². The zero-order chi connectivity index (χ0) is 77.8. The topological polar surface area (TPSA) is 37.4 Å². The lowest BCUT2D eigenvalue weighted by atomic mass is 8.21. The second-order valence-corrected chi connectivity index (χ2v) is 30.1. The molecule has 1 aliphatic heterocycles. The normalized spacial score (nSPS) is 11.8. The van der Waals surface area contributed by atoms with Crippen LogP contribution in [0, 0.1) is 19.7 Å². The van der Waals surface area contributed by atoms with Crippen molar-refractivity contribution in [1.29, 1.82) is 0 Å². The van der Waals surface area contributed by atoms with Crippen LogP contribution in [0.1, 0.15) is 35.1 Å². The summed E-state index contributed by atoms with van der Waals surface area (Å²) in [6, 6.07) is 17.3. The minimum absolute atomic E-state index is 0.254. The van der Waals surface area contributed by atoms with Crippen LogP contribution in [-0.2, 0) is 22.9 Å². The van der Waals surface area contributed by atoms with Crippen molar-refractivity contribution in [2.24, 2.45) is 0 Å². The van der Waals surface area contributed by atoms with Crippen molar-refractivity contribution in [2.45, 2.75) is 50.5 Å². The van der Waals surface area contributed by atoms with Gasteiger partial charge in [0, 0.05) is 507 Å². The van der Waals surface area contributed by atoms with E-state index >= 15 is 0 Å². The van der Waals surface area contributed by atoms with Crippen molar-refractivity contribution in [3.8, 4) is 0 Å². The van der Waals surface area contributed by atoms with Crippen LogP contribution < -0.4 is 4.31 Å². The van der Waals surface area contributed by atoms with E-state index in [1.165, 1.54) is 6.07 Å². The summed E-state index contributed by atoms with van der Waals surface area (Å²) in [6.45, 7) is 3.89. The highest BCUT2D eigenvalue weighted by molar-refractivity contribution is 8.40. The van der Waals surface area contributed by atoms with E-state index in [0.29, 0.717) is 29.8 Å². The zero-order valence-electron chi connectivity index (χ0n) is 58.0. The van der Waals surface area contributed by atoms with Gasteiger partial charge in [0.1, 0.15) is 5.82 Å². The molecular formula is C25H25B70ClFNO2S. The molecule has 0 aromatic heterocycles. The van der Waals surface area contributed by atoms with Crippen LogP contribution >= 0.6 is 11.6 Å². The van der Waals surface area contributed by atoms with Gasteiger partial charge >= 0.3 is 0 Å². The molecule has 0 N–H and O–H groups in total. The highest BCUT2D eigenvalue weighted by atomic mass is 35.5. The number of hydrogen-bond donors (Lipinski definition) is 0. The van der Waals surface area contributed by atoms with Crippen LogP contribution in [-0.4, -0.2) is 510 Å². The molecule has 72 radical (unpaired) electrons. The van der Waals surface area contributed by atoms with E-state index in [1.807, 2.05) is 44.2 Å². The molecule has 4 rings (SSSR count). The molecule has 372 valence electrons. The number of anilines is 1. The van der Waals surface area contributed by atoms with Crippen molar-refractivity contribution in [1.82, 2.24) is 0 Å². The highest BCUT2D eigenvalue weighted by Gasteiger charge is 2.64. The standard InChI is InChI=1S/C25H25ClFNO2S.B70/c1-17-4-13-23(14-5-17)31(29,30)28-22(11-8-19-7-10-21(26)16-24(19)27)12-9-20-6-3-18(2)15-25(20)28;1-37(2)55(38(3)4)64(56(39(5)6)40(7)8)68(63(53(33)34)54(35)36)70(67(61(49(25)26)50(27)28)62(51(29)30)52(31)32)69(65(57(41(9)10)42(11)12)58(43(13)14)44(15)16)66(59(45(17)18)46(19)20)60(47(21)22)48(23)24/h3-7,10,13-16,22H,8-9,11-12H2,1-2H3;. The number of sulfonamides is 1. The van der Waals surface area contributed by atoms with Crippen LogP contribution in [0.3, 0.4) is 0 Å². The van der Waals surface area contributed by atoms with Crippen molar-refractivity contribution in [3.63, 3.8) is 0 Å². The van der Waals surface area contributed by atoms with Gasteiger partial charge in [-0.15, -0.1) is 0 Å². The lowest BCUT2D eigenvalue weighted by Crippen LogP contribution is -2.98. The highest BCUT2D eigenvalue weighted by Crippen LogP contribution is 2.38. The SMILES string of the molecule is Cc1ccc(S(=O)(=O)N2c3cc(C)ccc3CCC2CCc2ccc(Cl)cc2F)cc1.[B]B([B])B(B([B])[B])B(B(B([B])[B])B([B])[B])B(B(B([B])[B])B([B])[B])B(B(B(B([B])[B])B([B])[B])B(B([B])[B])B([B])[B])B(B(B(B([B])[B])B([B])[B])B(B([B])[B])B([B])[B])B(B(B([B])[B])B([B])[B])B(B([B])[B])B([B])[B]. The first-order chi connectivity index (χ1) is 46.5. The first-order valence-electron chi connectivity index (χ1n) is 33.4. The maximum atomic E-state index is 14.3. The Morgan fingerprint density at radius 1 is 0.356 bits per heavy atom. The molecule has 0 bridgehead atoms. The van der Waals surface area contributed by atoms with Gasteiger partial charge in [0.25, 0.3) is 10.0 Å². The summed E-state index contributed by atoms with van der Waals surface area (Å²) in [6.07, 6.45) is -50.6. The maximum absolute atomic E-state index is 14.3. The number of hydrogen-bond acceptors (Lipinski definition) is 2. The largest absolute Gasteiger partial charge is 0.264 e. The van der Waals surface area contributed by atoms with Crippen LogP contribution in [0.2, 0.25) is 5.02 Å². The summed E-state index contributed by atoms with van der Waals surface area (Å²) < 4.78 is 43.4. The second-order valence-electron chi connectivity index (χ2n) is 27.8. The van der Waals surface area contributed by atoms with Gasteiger partial charge in [0.15, 0.2) is 0 Å². The third-order valence-electron chi connectivity index (χ3n) is 20.6. The minimum Gasteiger partial charge on any atom is -0.263 e. The van der Waals surface area contributed by atoms with E-state index in [9.17, 15) is 12.8 Å². The summed E-state index contributed by atoms with van der Waals surface area (Å²) in [5.74, 6) is -0.354. The fourth-order valence-electron chi connectivity index (χ4n) is 16.5. The molecule has 1 unspecified atom stereocenters. The first kappa shape index (κ1) is 97.4. The Morgan fingerprint density at radius 2 is 0.604 bits per heavy atom. The number of nitrogens with zero attached hydrogens (tertiary/aromatic N) is 1. The molecule has 0 aliphatic carbocycles. The quantitative estimate of drug-likeness (QED) is 0.0536. The fraction of sp³-hybridized carbons (Fsp3) is 0.280. The molecule has 1 heterocycles. The Labute approximate surface area is 677 Å². The molecule has 1 aliphatic rings. The van der Waals surface area contributed by atoms with E-state index in [-0.39, 0.29) is 16.8 Å².